The molecule has 10 heteroatoms. The van der Waals surface area contributed by atoms with Crippen LogP contribution in [0.3, 0.4) is 0 Å². The summed E-state index contributed by atoms with van der Waals surface area (Å²) in [5.74, 6) is -0.602. The number of anilines is 1. The molecule has 0 atom stereocenters. The Morgan fingerprint density at radius 2 is 1.46 bits per heavy atom. The molecule has 39 heavy (non-hydrogen) atoms. The maximum absolute atomic E-state index is 13.2. The van der Waals surface area contributed by atoms with Crippen LogP contribution < -0.4 is 20.9 Å². The van der Waals surface area contributed by atoms with Gasteiger partial charge in [0, 0.05) is 0 Å². The molecule has 2 aromatic carbocycles. The summed E-state index contributed by atoms with van der Waals surface area (Å²) in [4.78, 5) is 59.1. The second-order valence-corrected chi connectivity index (χ2v) is 8.02. The smallest absolute Gasteiger partial charge is 0.358 e. The minimum Gasteiger partial charge on any atom is -0.479 e. The van der Waals surface area contributed by atoms with Crippen LogP contribution in [0.5, 0.6) is 5.88 Å². The van der Waals surface area contributed by atoms with Gasteiger partial charge in [-0.25, -0.2) is 19.1 Å². The van der Waals surface area contributed by atoms with Crippen LogP contribution in [-0.4, -0.2) is 40.6 Å². The predicted molar refractivity (Wildman–Crippen MR) is 148 cm³/mol. The number of carbonyl (C=O) groups excluding carboxylic acids is 2. The maximum atomic E-state index is 13.2. The Morgan fingerprint density at radius 3 is 2.10 bits per heavy atom. The molecule has 4 rings (SSSR count). The molecule has 10 nitrogen and oxygen atoms in total. The van der Waals surface area contributed by atoms with E-state index >= 15 is 0 Å². The molecule has 0 saturated carbocycles. The van der Waals surface area contributed by atoms with E-state index in [2.05, 4.69) is 9.98 Å². The number of carbonyl (C=O) groups is 2. The molecule has 0 fully saturated rings. The van der Waals surface area contributed by atoms with Gasteiger partial charge in [-0.2, -0.15) is 4.99 Å². The minimum atomic E-state index is -0.744. The van der Waals surface area contributed by atoms with Gasteiger partial charge in [0.25, 0.3) is 11.5 Å². The second kappa shape index (κ2) is 12.3. The highest BCUT2D eigenvalue weighted by Gasteiger charge is 2.34. The van der Waals surface area contributed by atoms with E-state index in [1.807, 2.05) is 0 Å². The van der Waals surface area contributed by atoms with Gasteiger partial charge >= 0.3 is 11.7 Å². The monoisotopic (exact) mass is 526 g/mol. The number of urea groups is 1. The van der Waals surface area contributed by atoms with Crippen LogP contribution in [0.4, 0.5) is 10.5 Å². The van der Waals surface area contributed by atoms with Gasteiger partial charge < -0.3 is 9.47 Å². The van der Waals surface area contributed by atoms with Crippen LogP contribution in [0.2, 0.25) is 0 Å². The van der Waals surface area contributed by atoms with Crippen molar-refractivity contribution < 1.29 is 19.1 Å². The standard InChI is InChI=1S/C29H26N4O6/c1-3-38-24-22(26(34)32(28(36)30-24)20-14-8-5-9-15-20)18-12-7-13-19-23-25(39-4-2)31-29(37)33(27(23)35)21-16-10-6-11-17-21/h5-19H,3-4H2,1-2H3,(H,30,36). The lowest BCUT2D eigenvalue weighted by Crippen LogP contribution is -2.43. The number of aliphatic imine (C=N–C) groups is 1. The van der Waals surface area contributed by atoms with E-state index in [4.69, 9.17) is 9.47 Å². The Bertz CT molecular complexity index is 1600. The molecule has 0 spiro atoms. The lowest BCUT2D eigenvalue weighted by molar-refractivity contribution is -0.114. The molecular formula is C29H26N4O6. The SMILES string of the molecule is CCOC1=NC(=O)N(c2ccccc2)C(=O)C1=CC=CC=Cc1c(OCC)[nH]c(=O)n(-c2ccccc2)c1=O. The summed E-state index contributed by atoms with van der Waals surface area (Å²) in [6, 6.07) is 16.3. The number of rotatable bonds is 8. The van der Waals surface area contributed by atoms with Gasteiger partial charge in [-0.15, -0.1) is 0 Å². The fraction of sp³-hybridized carbons (Fsp3) is 0.138. The van der Waals surface area contributed by atoms with Crippen molar-refractivity contribution in [2.45, 2.75) is 13.8 Å². The van der Waals surface area contributed by atoms with Crippen molar-refractivity contribution >= 4 is 29.6 Å². The molecule has 1 N–H and O–H groups in total. The number of nitrogens with one attached hydrogen (secondary N) is 1. The molecule has 3 amide bonds. The third-order valence-corrected chi connectivity index (χ3v) is 5.50. The van der Waals surface area contributed by atoms with Crippen molar-refractivity contribution in [1.29, 1.82) is 0 Å². The van der Waals surface area contributed by atoms with Crippen LogP contribution in [0.25, 0.3) is 11.8 Å². The number of benzene rings is 2. The second-order valence-electron chi connectivity index (χ2n) is 8.02. The third-order valence-electron chi connectivity index (χ3n) is 5.50. The summed E-state index contributed by atoms with van der Waals surface area (Å²) in [6.07, 6.45) is 7.67. The Hall–Kier alpha value is -5.25. The van der Waals surface area contributed by atoms with E-state index in [0.29, 0.717) is 11.4 Å². The van der Waals surface area contributed by atoms with Gasteiger partial charge in [-0.1, -0.05) is 54.6 Å². The Morgan fingerprint density at radius 1 is 0.821 bits per heavy atom. The van der Waals surface area contributed by atoms with E-state index in [0.717, 1.165) is 9.47 Å². The molecule has 3 aromatic rings. The molecular weight excluding hydrogens is 500 g/mol. The number of nitrogens with zero attached hydrogens (tertiary/aromatic N) is 3. The van der Waals surface area contributed by atoms with Crippen LogP contribution in [0.15, 0.2) is 105 Å². The summed E-state index contributed by atoms with van der Waals surface area (Å²) in [5.41, 5.74) is -0.139. The van der Waals surface area contributed by atoms with Gasteiger partial charge in [-0.3, -0.25) is 14.6 Å². The zero-order chi connectivity index (χ0) is 27.8. The molecule has 1 aromatic heterocycles. The van der Waals surface area contributed by atoms with Crippen molar-refractivity contribution in [3.05, 3.63) is 117 Å². The average Bonchev–Trinajstić information content (AvgIpc) is 2.93. The van der Waals surface area contributed by atoms with E-state index in [9.17, 15) is 19.2 Å². The molecule has 0 saturated heterocycles. The summed E-state index contributed by atoms with van der Waals surface area (Å²) in [7, 11) is 0. The summed E-state index contributed by atoms with van der Waals surface area (Å²) in [6.45, 7) is 3.92. The highest BCUT2D eigenvalue weighted by molar-refractivity contribution is 6.36. The van der Waals surface area contributed by atoms with Crippen molar-refractivity contribution in [1.82, 2.24) is 9.55 Å². The highest BCUT2D eigenvalue weighted by Crippen LogP contribution is 2.22. The molecule has 1 aliphatic heterocycles. The topological polar surface area (TPSA) is 123 Å². The van der Waals surface area contributed by atoms with Gasteiger partial charge in [0.05, 0.1) is 24.6 Å². The normalized spacial score (nSPS) is 14.9. The van der Waals surface area contributed by atoms with Gasteiger partial charge in [0.2, 0.25) is 11.8 Å². The average molecular weight is 527 g/mol. The molecule has 0 aliphatic carbocycles. The summed E-state index contributed by atoms with van der Waals surface area (Å²) < 4.78 is 12.0. The molecule has 198 valence electrons. The number of amides is 3. The number of allylic oxidation sites excluding steroid dienone is 4. The zero-order valence-electron chi connectivity index (χ0n) is 21.4. The van der Waals surface area contributed by atoms with E-state index in [1.165, 1.54) is 12.2 Å². The van der Waals surface area contributed by atoms with Crippen molar-refractivity contribution in [3.63, 3.8) is 0 Å². The largest absolute Gasteiger partial charge is 0.479 e. The van der Waals surface area contributed by atoms with Crippen LogP contribution in [0.1, 0.15) is 19.4 Å². The lowest BCUT2D eigenvalue weighted by Gasteiger charge is -2.24. The zero-order valence-corrected chi connectivity index (χ0v) is 21.4. The first-order valence-electron chi connectivity index (χ1n) is 12.2. The van der Waals surface area contributed by atoms with Crippen LogP contribution >= 0.6 is 0 Å². The molecule has 2 heterocycles. The van der Waals surface area contributed by atoms with E-state index < -0.39 is 23.2 Å². The molecule has 0 bridgehead atoms. The van der Waals surface area contributed by atoms with Crippen LogP contribution in [-0.2, 0) is 9.53 Å². The number of ether oxygens (including phenoxy) is 2. The highest BCUT2D eigenvalue weighted by atomic mass is 16.5. The van der Waals surface area contributed by atoms with E-state index in [-0.39, 0.29) is 36.1 Å². The van der Waals surface area contributed by atoms with Crippen molar-refractivity contribution in [2.75, 3.05) is 18.1 Å². The number of imide groups is 1. The quantitative estimate of drug-likeness (QED) is 0.349. The Kier molecular flexibility index (Phi) is 8.47. The third kappa shape index (κ3) is 5.85. The number of aromatic amines is 1. The fourth-order valence-corrected chi connectivity index (χ4v) is 3.80. The Balaban J connectivity index is 1.67. The first-order valence-corrected chi connectivity index (χ1v) is 12.2. The first kappa shape index (κ1) is 26.8. The molecule has 0 radical (unpaired) electrons. The van der Waals surface area contributed by atoms with Gasteiger partial charge in [0.15, 0.2) is 0 Å². The Labute approximate surface area is 223 Å². The minimum absolute atomic E-state index is 0.0490. The first-order chi connectivity index (χ1) is 19.0. The summed E-state index contributed by atoms with van der Waals surface area (Å²) >= 11 is 0. The molecule has 1 aliphatic rings. The number of hydrogen-bond acceptors (Lipinski definition) is 6. The number of hydrogen-bond donors (Lipinski definition) is 1. The predicted octanol–water partition coefficient (Wildman–Crippen LogP) is 4.02. The fourth-order valence-electron chi connectivity index (χ4n) is 3.80. The lowest BCUT2D eigenvalue weighted by atomic mass is 10.1. The summed E-state index contributed by atoms with van der Waals surface area (Å²) in [5, 5.41) is 0. The number of aromatic nitrogens is 2. The van der Waals surface area contributed by atoms with Gasteiger partial charge in [0.1, 0.15) is 11.1 Å². The van der Waals surface area contributed by atoms with Gasteiger partial charge in [-0.05, 0) is 50.3 Å². The van der Waals surface area contributed by atoms with Crippen molar-refractivity contribution in [2.24, 2.45) is 4.99 Å². The number of H-pyrrole nitrogens is 1. The van der Waals surface area contributed by atoms with E-state index in [1.54, 1.807) is 92.7 Å². The van der Waals surface area contributed by atoms with Crippen LogP contribution in [0, 0.1) is 0 Å². The van der Waals surface area contributed by atoms with Crippen molar-refractivity contribution in [3.8, 4) is 11.6 Å². The molecule has 0 unspecified atom stereocenters. The maximum Gasteiger partial charge on any atom is 0.358 e. The number of para-hydroxylation sites is 2.